The molecule has 3 heteroatoms. The number of rotatable bonds is 2. The van der Waals surface area contributed by atoms with Crippen LogP contribution in [0, 0.1) is 12.7 Å². The van der Waals surface area contributed by atoms with Crippen molar-refractivity contribution in [3.63, 3.8) is 0 Å². The number of benzene rings is 2. The summed E-state index contributed by atoms with van der Waals surface area (Å²) in [6.07, 6.45) is 0. The van der Waals surface area contributed by atoms with Gasteiger partial charge in [-0.2, -0.15) is 0 Å². The van der Waals surface area contributed by atoms with Crippen LogP contribution in [0.1, 0.15) is 22.7 Å². The van der Waals surface area contributed by atoms with Crippen molar-refractivity contribution in [2.75, 3.05) is 0 Å². The van der Waals surface area contributed by atoms with Crippen molar-refractivity contribution in [3.8, 4) is 5.75 Å². The molecule has 2 rings (SSSR count). The predicted molar refractivity (Wildman–Crippen MR) is 65.3 cm³/mol. The van der Waals surface area contributed by atoms with Crippen LogP contribution in [0.15, 0.2) is 42.5 Å². The van der Waals surface area contributed by atoms with E-state index in [0.29, 0.717) is 5.56 Å². The molecule has 0 aliphatic heterocycles. The van der Waals surface area contributed by atoms with E-state index >= 15 is 0 Å². The summed E-state index contributed by atoms with van der Waals surface area (Å²) in [5, 5.41) is 9.67. The Morgan fingerprint density at radius 2 is 1.76 bits per heavy atom. The Kier molecular flexibility index (Phi) is 3.11. The second kappa shape index (κ2) is 4.55. The SMILES string of the molecule is Cc1ccc(C(N)c2cc(F)ccc2O)cc1. The van der Waals surface area contributed by atoms with E-state index in [1.165, 1.54) is 18.2 Å². The minimum atomic E-state index is -0.522. The van der Waals surface area contributed by atoms with E-state index in [-0.39, 0.29) is 5.75 Å². The van der Waals surface area contributed by atoms with Crippen LogP contribution >= 0.6 is 0 Å². The van der Waals surface area contributed by atoms with E-state index in [4.69, 9.17) is 5.73 Å². The number of halogens is 1. The number of aromatic hydroxyl groups is 1. The fourth-order valence-electron chi connectivity index (χ4n) is 1.73. The third-order valence-corrected chi connectivity index (χ3v) is 2.76. The maximum absolute atomic E-state index is 13.1. The molecule has 2 aromatic carbocycles. The van der Waals surface area contributed by atoms with E-state index in [0.717, 1.165) is 11.1 Å². The zero-order chi connectivity index (χ0) is 12.4. The smallest absolute Gasteiger partial charge is 0.123 e. The van der Waals surface area contributed by atoms with Gasteiger partial charge in [0.1, 0.15) is 11.6 Å². The number of hydrogen-bond donors (Lipinski definition) is 2. The maximum Gasteiger partial charge on any atom is 0.123 e. The lowest BCUT2D eigenvalue weighted by Crippen LogP contribution is -2.12. The second-order valence-corrected chi connectivity index (χ2v) is 4.09. The van der Waals surface area contributed by atoms with Gasteiger partial charge in [-0.05, 0) is 30.7 Å². The molecule has 1 unspecified atom stereocenters. The number of hydrogen-bond acceptors (Lipinski definition) is 2. The summed E-state index contributed by atoms with van der Waals surface area (Å²) in [5.41, 5.74) is 8.38. The Morgan fingerprint density at radius 3 is 2.41 bits per heavy atom. The topological polar surface area (TPSA) is 46.2 Å². The van der Waals surface area contributed by atoms with Crippen molar-refractivity contribution >= 4 is 0 Å². The minimum absolute atomic E-state index is 0.0134. The lowest BCUT2D eigenvalue weighted by Gasteiger charge is -2.14. The predicted octanol–water partition coefficient (Wildman–Crippen LogP) is 2.89. The highest BCUT2D eigenvalue weighted by Gasteiger charge is 2.13. The van der Waals surface area contributed by atoms with Crippen LogP contribution in [0.4, 0.5) is 4.39 Å². The first kappa shape index (κ1) is 11.6. The summed E-state index contributed by atoms with van der Waals surface area (Å²) in [7, 11) is 0. The largest absolute Gasteiger partial charge is 0.508 e. The lowest BCUT2D eigenvalue weighted by atomic mass is 9.98. The molecule has 0 bridgehead atoms. The minimum Gasteiger partial charge on any atom is -0.508 e. The first-order valence-electron chi connectivity index (χ1n) is 5.38. The number of nitrogens with two attached hydrogens (primary N) is 1. The van der Waals surface area contributed by atoms with Gasteiger partial charge in [0.2, 0.25) is 0 Å². The molecule has 0 aliphatic carbocycles. The monoisotopic (exact) mass is 231 g/mol. The average Bonchev–Trinajstić information content (AvgIpc) is 2.32. The van der Waals surface area contributed by atoms with Crippen LogP contribution in [0.3, 0.4) is 0 Å². The number of phenolic OH excluding ortho intramolecular Hbond substituents is 1. The van der Waals surface area contributed by atoms with E-state index in [1.54, 1.807) is 0 Å². The molecule has 0 radical (unpaired) electrons. The van der Waals surface area contributed by atoms with Crippen LogP contribution in [0.25, 0.3) is 0 Å². The fourth-order valence-corrected chi connectivity index (χ4v) is 1.73. The van der Waals surface area contributed by atoms with E-state index < -0.39 is 11.9 Å². The normalized spacial score (nSPS) is 12.4. The Morgan fingerprint density at radius 1 is 1.12 bits per heavy atom. The standard InChI is InChI=1S/C14H14FNO/c1-9-2-4-10(5-3-9)14(16)12-8-11(15)6-7-13(12)17/h2-8,14,17H,16H2,1H3. The Hall–Kier alpha value is -1.87. The second-order valence-electron chi connectivity index (χ2n) is 4.09. The highest BCUT2D eigenvalue weighted by atomic mass is 19.1. The van der Waals surface area contributed by atoms with Gasteiger partial charge in [-0.3, -0.25) is 0 Å². The quantitative estimate of drug-likeness (QED) is 0.834. The van der Waals surface area contributed by atoms with Crippen LogP contribution in [0.2, 0.25) is 0 Å². The van der Waals surface area contributed by atoms with Crippen LogP contribution in [-0.2, 0) is 0 Å². The molecule has 0 amide bonds. The van der Waals surface area contributed by atoms with Gasteiger partial charge in [0.25, 0.3) is 0 Å². The van der Waals surface area contributed by atoms with Crippen molar-refractivity contribution in [2.45, 2.75) is 13.0 Å². The van der Waals surface area contributed by atoms with Crippen LogP contribution in [-0.4, -0.2) is 5.11 Å². The third kappa shape index (κ3) is 2.45. The molecule has 0 heterocycles. The van der Waals surface area contributed by atoms with Crippen molar-refractivity contribution in [2.24, 2.45) is 5.73 Å². The number of aryl methyl sites for hydroxylation is 1. The molecule has 0 saturated heterocycles. The number of phenols is 1. The highest BCUT2D eigenvalue weighted by Crippen LogP contribution is 2.28. The van der Waals surface area contributed by atoms with Gasteiger partial charge in [0, 0.05) is 5.56 Å². The molecular weight excluding hydrogens is 217 g/mol. The molecule has 2 nitrogen and oxygen atoms in total. The maximum atomic E-state index is 13.1. The zero-order valence-corrected chi connectivity index (χ0v) is 9.52. The van der Waals surface area contributed by atoms with Gasteiger partial charge >= 0.3 is 0 Å². The van der Waals surface area contributed by atoms with Crippen molar-refractivity contribution in [1.82, 2.24) is 0 Å². The van der Waals surface area contributed by atoms with E-state index in [1.807, 2.05) is 31.2 Å². The van der Waals surface area contributed by atoms with E-state index in [2.05, 4.69) is 0 Å². The van der Waals surface area contributed by atoms with Crippen molar-refractivity contribution in [1.29, 1.82) is 0 Å². The van der Waals surface area contributed by atoms with Crippen molar-refractivity contribution in [3.05, 3.63) is 65.0 Å². The molecule has 17 heavy (non-hydrogen) atoms. The van der Waals surface area contributed by atoms with E-state index in [9.17, 15) is 9.50 Å². The van der Waals surface area contributed by atoms with Crippen molar-refractivity contribution < 1.29 is 9.50 Å². The Balaban J connectivity index is 2.39. The molecule has 0 aromatic heterocycles. The summed E-state index contributed by atoms with van der Waals surface area (Å²) in [6, 6.07) is 10.9. The summed E-state index contributed by atoms with van der Waals surface area (Å²) < 4.78 is 13.1. The van der Waals surface area contributed by atoms with Crippen LogP contribution in [0.5, 0.6) is 5.75 Å². The third-order valence-electron chi connectivity index (χ3n) is 2.76. The summed E-state index contributed by atoms with van der Waals surface area (Å²) in [5.74, 6) is -0.389. The molecule has 0 aliphatic rings. The van der Waals surface area contributed by atoms with Gasteiger partial charge in [0.05, 0.1) is 6.04 Å². The Bertz CT molecular complexity index is 522. The Labute approximate surface area is 99.5 Å². The molecule has 88 valence electrons. The average molecular weight is 231 g/mol. The first-order valence-corrected chi connectivity index (χ1v) is 5.38. The summed E-state index contributed by atoms with van der Waals surface area (Å²) in [4.78, 5) is 0. The fraction of sp³-hybridized carbons (Fsp3) is 0.143. The molecule has 0 fully saturated rings. The van der Waals surface area contributed by atoms with Gasteiger partial charge in [0.15, 0.2) is 0 Å². The zero-order valence-electron chi connectivity index (χ0n) is 9.52. The molecule has 3 N–H and O–H groups in total. The summed E-state index contributed by atoms with van der Waals surface area (Å²) >= 11 is 0. The first-order chi connectivity index (χ1) is 8.08. The highest BCUT2D eigenvalue weighted by molar-refractivity contribution is 5.41. The van der Waals surface area contributed by atoms with Crippen LogP contribution < -0.4 is 5.73 Å². The molecule has 0 spiro atoms. The molecule has 0 saturated carbocycles. The summed E-state index contributed by atoms with van der Waals surface area (Å²) in [6.45, 7) is 1.98. The van der Waals surface area contributed by atoms with Gasteiger partial charge in [-0.1, -0.05) is 29.8 Å². The molecule has 1 atom stereocenters. The molecular formula is C14H14FNO. The lowest BCUT2D eigenvalue weighted by molar-refractivity contribution is 0.462. The van der Waals surface area contributed by atoms with Gasteiger partial charge < -0.3 is 10.8 Å². The van der Waals surface area contributed by atoms with Gasteiger partial charge in [-0.25, -0.2) is 4.39 Å². The molecule has 2 aromatic rings. The van der Waals surface area contributed by atoms with Gasteiger partial charge in [-0.15, -0.1) is 0 Å².